The van der Waals surface area contributed by atoms with Crippen molar-refractivity contribution in [2.45, 2.75) is 0 Å². The normalized spacial score (nSPS) is 14.7. The molecule has 0 aromatic rings. The number of aliphatic imine (C=N–C) groups is 1. The quantitative estimate of drug-likeness (QED) is 0.583. The van der Waals surface area contributed by atoms with E-state index in [1.54, 1.807) is 6.08 Å². The van der Waals surface area contributed by atoms with Gasteiger partial charge in [-0.3, -0.25) is 10.3 Å². The summed E-state index contributed by atoms with van der Waals surface area (Å²) in [6.45, 7) is 0. The Balaban J connectivity index is 2.57. The van der Waals surface area contributed by atoms with Crippen molar-refractivity contribution >= 4 is 12.3 Å². The van der Waals surface area contributed by atoms with Crippen LogP contribution in [-0.2, 0) is 4.74 Å². The number of hydrogen-bond acceptors (Lipinski definition) is 3. The van der Waals surface area contributed by atoms with Crippen molar-refractivity contribution < 1.29 is 14.6 Å². The summed E-state index contributed by atoms with van der Waals surface area (Å²) in [7, 11) is 0. The van der Waals surface area contributed by atoms with Crippen molar-refractivity contribution in [1.82, 2.24) is 5.32 Å². The summed E-state index contributed by atoms with van der Waals surface area (Å²) < 4.78 is 4.78. The van der Waals surface area contributed by atoms with Gasteiger partial charge in [-0.25, -0.2) is 4.79 Å². The molecule has 1 aliphatic heterocycles. The molecule has 0 radical (unpaired) electrons. The number of allylic oxidation sites excluding steroid dienone is 1. The molecule has 0 aliphatic carbocycles. The predicted octanol–water partition coefficient (Wildman–Crippen LogP) is 0.668. The first-order valence-electron chi connectivity index (χ1n) is 2.84. The minimum absolute atomic E-state index is 0.0856. The summed E-state index contributed by atoms with van der Waals surface area (Å²) in [4.78, 5) is 13.8. The minimum Gasteiger partial charge on any atom is -0.465 e. The number of nitrogens with one attached hydrogen (secondary N) is 1. The highest BCUT2D eigenvalue weighted by Crippen LogP contribution is 1.96. The van der Waals surface area contributed by atoms with Crippen LogP contribution < -0.4 is 5.32 Å². The summed E-state index contributed by atoms with van der Waals surface area (Å²) in [6, 6.07) is 0. The smallest absolute Gasteiger partial charge is 0.411 e. The summed E-state index contributed by atoms with van der Waals surface area (Å²) in [6.07, 6.45) is 4.46. The molecule has 1 heterocycles. The third kappa shape index (κ3) is 2.53. The number of carboxylic acid groups (broad SMARTS) is 1. The second-order valence-corrected chi connectivity index (χ2v) is 1.67. The number of hydrogen-bond donors (Lipinski definition) is 2. The average Bonchev–Trinajstić information content (AvgIpc) is 2.14. The van der Waals surface area contributed by atoms with E-state index < -0.39 is 6.09 Å². The van der Waals surface area contributed by atoms with E-state index in [0.29, 0.717) is 0 Å². The molecule has 0 aromatic heterocycles. The van der Waals surface area contributed by atoms with Crippen molar-refractivity contribution in [3.05, 3.63) is 24.4 Å². The van der Waals surface area contributed by atoms with Crippen LogP contribution in [0.15, 0.2) is 29.4 Å². The highest BCUT2D eigenvalue weighted by molar-refractivity contribution is 5.72. The Morgan fingerprint density at radius 2 is 2.55 bits per heavy atom. The third-order valence-electron chi connectivity index (χ3n) is 0.868. The predicted molar refractivity (Wildman–Crippen MR) is 38.0 cm³/mol. The minimum atomic E-state index is -1.18. The fourth-order valence-corrected chi connectivity index (χ4v) is 0.506. The van der Waals surface area contributed by atoms with Gasteiger partial charge in [-0.05, 0) is 6.08 Å². The van der Waals surface area contributed by atoms with Crippen molar-refractivity contribution in [3.8, 4) is 0 Å². The van der Waals surface area contributed by atoms with Crippen LogP contribution in [0.2, 0.25) is 0 Å². The van der Waals surface area contributed by atoms with Gasteiger partial charge in [0.15, 0.2) is 0 Å². The first kappa shape index (κ1) is 7.33. The zero-order chi connectivity index (χ0) is 8.10. The second kappa shape index (κ2) is 3.40. The van der Waals surface area contributed by atoms with Gasteiger partial charge in [-0.1, -0.05) is 0 Å². The molecule has 11 heavy (non-hydrogen) atoms. The lowest BCUT2D eigenvalue weighted by atomic mass is 10.7. The van der Waals surface area contributed by atoms with E-state index in [-0.39, 0.29) is 5.88 Å². The third-order valence-corrected chi connectivity index (χ3v) is 0.868. The van der Waals surface area contributed by atoms with Gasteiger partial charge >= 0.3 is 6.09 Å². The molecule has 0 fully saturated rings. The van der Waals surface area contributed by atoms with Crippen LogP contribution in [0.3, 0.4) is 0 Å². The van der Waals surface area contributed by atoms with E-state index in [4.69, 9.17) is 9.84 Å². The highest BCUT2D eigenvalue weighted by Gasteiger charge is 2.00. The van der Waals surface area contributed by atoms with Crippen molar-refractivity contribution in [3.63, 3.8) is 0 Å². The average molecular weight is 154 g/mol. The largest absolute Gasteiger partial charge is 0.465 e. The first-order valence-corrected chi connectivity index (χ1v) is 2.84. The molecule has 1 rings (SSSR count). The van der Waals surface area contributed by atoms with Gasteiger partial charge in [0.25, 0.3) is 0 Å². The van der Waals surface area contributed by atoms with Crippen LogP contribution in [0.25, 0.3) is 0 Å². The summed E-state index contributed by atoms with van der Waals surface area (Å²) >= 11 is 0. The molecule has 0 saturated carbocycles. The molecule has 0 spiro atoms. The van der Waals surface area contributed by atoms with Crippen molar-refractivity contribution in [2.75, 3.05) is 0 Å². The summed E-state index contributed by atoms with van der Waals surface area (Å²) in [5, 5.41) is 10.3. The van der Waals surface area contributed by atoms with Gasteiger partial charge in [0.1, 0.15) is 0 Å². The topological polar surface area (TPSA) is 70.9 Å². The lowest BCUT2D eigenvalue weighted by Gasteiger charge is -2.01. The van der Waals surface area contributed by atoms with Crippen LogP contribution in [0, 0.1) is 0 Å². The molecule has 1 aliphatic rings. The molecule has 58 valence electrons. The maximum Gasteiger partial charge on any atom is 0.411 e. The van der Waals surface area contributed by atoms with Gasteiger partial charge in [0, 0.05) is 6.21 Å². The Kier molecular flexibility index (Phi) is 2.27. The fourth-order valence-electron chi connectivity index (χ4n) is 0.506. The number of ether oxygens (including phenoxy) is 1. The van der Waals surface area contributed by atoms with E-state index in [1.807, 2.05) is 5.32 Å². The molecule has 1 amide bonds. The zero-order valence-electron chi connectivity index (χ0n) is 5.52. The van der Waals surface area contributed by atoms with Crippen molar-refractivity contribution in [1.29, 1.82) is 0 Å². The second-order valence-electron chi connectivity index (χ2n) is 1.67. The fraction of sp³-hybridized carbons (Fsp3) is 0. The number of amides is 1. The van der Waals surface area contributed by atoms with Gasteiger partial charge in [0.2, 0.25) is 5.88 Å². The van der Waals surface area contributed by atoms with E-state index in [9.17, 15) is 4.79 Å². The summed E-state index contributed by atoms with van der Waals surface area (Å²) in [5.74, 6) is 0.0856. The van der Waals surface area contributed by atoms with E-state index in [1.165, 1.54) is 18.7 Å². The Labute approximate surface area is 62.7 Å². The Hall–Kier alpha value is -1.78. The molecule has 0 saturated heterocycles. The Morgan fingerprint density at radius 1 is 1.73 bits per heavy atom. The molecular weight excluding hydrogens is 148 g/mol. The van der Waals surface area contributed by atoms with Crippen LogP contribution in [0.5, 0.6) is 0 Å². The Morgan fingerprint density at radius 3 is 3.27 bits per heavy atom. The van der Waals surface area contributed by atoms with E-state index in [0.717, 1.165) is 0 Å². The number of carbonyl (C=O) groups is 1. The molecule has 5 heteroatoms. The molecular formula is C6H6N2O3. The van der Waals surface area contributed by atoms with Gasteiger partial charge < -0.3 is 9.84 Å². The lowest BCUT2D eigenvalue weighted by molar-refractivity contribution is 0.188. The van der Waals surface area contributed by atoms with E-state index >= 15 is 0 Å². The molecule has 0 atom stereocenters. The molecule has 0 bridgehead atoms. The van der Waals surface area contributed by atoms with Crippen molar-refractivity contribution in [2.24, 2.45) is 4.99 Å². The lowest BCUT2D eigenvalue weighted by Crippen LogP contribution is -2.20. The summed E-state index contributed by atoms with van der Waals surface area (Å²) in [5.41, 5.74) is 0. The number of nitrogens with zero attached hydrogens (tertiary/aromatic N) is 1. The van der Waals surface area contributed by atoms with Crippen LogP contribution >= 0.6 is 0 Å². The number of rotatable bonds is 1. The molecule has 2 N–H and O–H groups in total. The monoisotopic (exact) mass is 154 g/mol. The van der Waals surface area contributed by atoms with E-state index in [2.05, 4.69) is 4.99 Å². The Bertz CT molecular complexity index is 242. The van der Waals surface area contributed by atoms with Crippen LogP contribution in [0.1, 0.15) is 0 Å². The van der Waals surface area contributed by atoms with Gasteiger partial charge in [-0.2, -0.15) is 0 Å². The maximum atomic E-state index is 10.1. The molecule has 0 unspecified atom stereocenters. The van der Waals surface area contributed by atoms with Gasteiger partial charge in [-0.15, -0.1) is 0 Å². The van der Waals surface area contributed by atoms with Crippen LogP contribution in [-0.4, -0.2) is 17.4 Å². The molecule has 5 nitrogen and oxygen atoms in total. The van der Waals surface area contributed by atoms with Crippen LogP contribution in [0.4, 0.5) is 4.79 Å². The first-order chi connectivity index (χ1) is 5.29. The maximum absolute atomic E-state index is 10.1. The van der Waals surface area contributed by atoms with Gasteiger partial charge in [0.05, 0.1) is 12.5 Å². The zero-order valence-corrected chi connectivity index (χ0v) is 5.52. The standard InChI is InChI=1S/C6H6N2O3/c9-6(10)8-5-4-7-2-1-3-11-5/h1-4,8H,(H,9,10). The SMILES string of the molecule is O=C(O)NC1=CN=CC=CO1. The highest BCUT2D eigenvalue weighted by atomic mass is 16.5. The molecule has 0 aromatic carbocycles.